The van der Waals surface area contributed by atoms with Gasteiger partial charge in [-0.25, -0.2) is 0 Å². The molecule has 3 fully saturated rings. The molecule has 13 heteroatoms. The first kappa shape index (κ1) is 29.5. The Balaban J connectivity index is 1.40. The van der Waals surface area contributed by atoms with E-state index in [0.29, 0.717) is 13.2 Å². The zero-order valence-electron chi connectivity index (χ0n) is 23.1. The summed E-state index contributed by atoms with van der Waals surface area (Å²) in [6, 6.07) is 6.93. The van der Waals surface area contributed by atoms with Crippen molar-refractivity contribution in [2.75, 3.05) is 48.3 Å². The molecule has 0 saturated carbocycles. The van der Waals surface area contributed by atoms with Gasteiger partial charge in [0.15, 0.2) is 23.0 Å². The van der Waals surface area contributed by atoms with Crippen LogP contribution in [0.2, 0.25) is 0 Å². The molecule has 3 heterocycles. The third-order valence-electron chi connectivity index (χ3n) is 7.99. The monoisotopic (exact) mass is 580 g/mol. The first-order valence-corrected chi connectivity index (χ1v) is 13.2. The Morgan fingerprint density at radius 1 is 0.707 bits per heavy atom. The van der Waals surface area contributed by atoms with E-state index < -0.39 is 37.3 Å². The molecule has 0 bridgehead atoms. The average Bonchev–Trinajstić information content (AvgIpc) is 3.60. The number of aromatic hydroxyl groups is 1. The number of phenols is 1. The lowest BCUT2D eigenvalue weighted by atomic mass is 9.84. The predicted octanol–water partition coefficient (Wildman–Crippen LogP) is 0.680. The van der Waals surface area contributed by atoms with Gasteiger partial charge in [-0.3, -0.25) is 0 Å². The number of benzene rings is 2. The van der Waals surface area contributed by atoms with Crippen LogP contribution < -0.4 is 23.7 Å². The highest BCUT2D eigenvalue weighted by Crippen LogP contribution is 2.53. The zero-order valence-corrected chi connectivity index (χ0v) is 23.1. The summed E-state index contributed by atoms with van der Waals surface area (Å²) in [4.78, 5) is 0. The second-order valence-corrected chi connectivity index (χ2v) is 10.2. The van der Waals surface area contributed by atoms with Crippen molar-refractivity contribution in [1.82, 2.24) is 0 Å². The van der Waals surface area contributed by atoms with Gasteiger partial charge in [-0.2, -0.15) is 0 Å². The molecule has 5 rings (SSSR count). The van der Waals surface area contributed by atoms with Crippen LogP contribution in [0.15, 0.2) is 24.3 Å². The number of methoxy groups -OCH3 is 4. The van der Waals surface area contributed by atoms with Crippen molar-refractivity contribution in [1.29, 1.82) is 0 Å². The lowest BCUT2D eigenvalue weighted by Crippen LogP contribution is -2.60. The van der Waals surface area contributed by atoms with Gasteiger partial charge in [0.2, 0.25) is 17.8 Å². The Hall–Kier alpha value is -3.04. The lowest BCUT2D eigenvalue weighted by molar-refractivity contribution is -0.277. The summed E-state index contributed by atoms with van der Waals surface area (Å²) < 4.78 is 45.7. The van der Waals surface area contributed by atoms with Crippen LogP contribution in [-0.2, 0) is 14.2 Å². The molecule has 0 radical (unpaired) electrons. The third-order valence-corrected chi connectivity index (χ3v) is 7.99. The Morgan fingerprint density at radius 2 is 1.17 bits per heavy atom. The van der Waals surface area contributed by atoms with Crippen molar-refractivity contribution in [3.63, 3.8) is 0 Å². The molecule has 0 aliphatic carbocycles. The lowest BCUT2D eigenvalue weighted by Gasteiger charge is -2.39. The van der Waals surface area contributed by atoms with Gasteiger partial charge in [-0.15, -0.1) is 0 Å². The molecule has 41 heavy (non-hydrogen) atoms. The van der Waals surface area contributed by atoms with E-state index in [-0.39, 0.29) is 58.5 Å². The Kier molecular flexibility index (Phi) is 8.66. The summed E-state index contributed by atoms with van der Waals surface area (Å²) in [6.07, 6.45) is -7.96. The number of phenolic OH excluding ortho intramolecular Hbond substituents is 1. The molecule has 0 aromatic heterocycles. The largest absolute Gasteiger partial charge is 0.502 e. The van der Waals surface area contributed by atoms with E-state index in [1.54, 1.807) is 24.3 Å². The fourth-order valence-electron chi connectivity index (χ4n) is 5.77. The molecule has 13 nitrogen and oxygen atoms in total. The number of aliphatic hydroxyl groups excluding tert-OH is 4. The van der Waals surface area contributed by atoms with Crippen LogP contribution in [0.25, 0.3) is 0 Å². The van der Waals surface area contributed by atoms with Crippen molar-refractivity contribution in [3.05, 3.63) is 35.4 Å². The van der Waals surface area contributed by atoms with Crippen LogP contribution >= 0.6 is 0 Å². The van der Waals surface area contributed by atoms with Crippen molar-refractivity contribution in [2.24, 2.45) is 11.8 Å². The molecular formula is C28H36O13. The van der Waals surface area contributed by atoms with Crippen molar-refractivity contribution in [3.8, 4) is 34.5 Å². The van der Waals surface area contributed by atoms with E-state index in [1.807, 2.05) is 0 Å². The van der Waals surface area contributed by atoms with E-state index in [4.69, 9.17) is 37.9 Å². The minimum Gasteiger partial charge on any atom is -0.502 e. The standard InChI is InChI=1S/C28H36O13/c1-34-16-5-12(6-17(35-2)21(16)30)25-14-10-39-26(15(14)11-38-25)13-7-18(36-3)27(19(8-13)37-4)41-28-24(33)23(32)22(31)20(9-29)40-28/h5-8,14-15,20,22-26,28-33H,9-11H2,1-4H3/t14-,15+,20?,22?,23?,24?,25?,26?,28?/m1/s1. The number of aliphatic hydroxyl groups is 4. The summed E-state index contributed by atoms with van der Waals surface area (Å²) in [5.74, 6) is 1.08. The van der Waals surface area contributed by atoms with E-state index in [9.17, 15) is 25.5 Å². The maximum Gasteiger partial charge on any atom is 0.229 e. The average molecular weight is 581 g/mol. The molecule has 0 amide bonds. The van der Waals surface area contributed by atoms with Gasteiger partial charge in [0.1, 0.15) is 24.4 Å². The van der Waals surface area contributed by atoms with Gasteiger partial charge in [0.25, 0.3) is 0 Å². The molecule has 9 atom stereocenters. The molecule has 3 saturated heterocycles. The van der Waals surface area contributed by atoms with E-state index in [0.717, 1.165) is 11.1 Å². The minimum atomic E-state index is -1.61. The van der Waals surface area contributed by atoms with Gasteiger partial charge in [0.05, 0.1) is 60.5 Å². The molecular weight excluding hydrogens is 544 g/mol. The fraction of sp³-hybridized carbons (Fsp3) is 0.571. The van der Waals surface area contributed by atoms with Gasteiger partial charge < -0.3 is 63.4 Å². The highest BCUT2D eigenvalue weighted by atomic mass is 16.7. The van der Waals surface area contributed by atoms with Gasteiger partial charge >= 0.3 is 0 Å². The molecule has 2 aromatic carbocycles. The smallest absolute Gasteiger partial charge is 0.229 e. The number of hydrogen-bond donors (Lipinski definition) is 5. The SMILES string of the molecule is COc1cc(C2OC[C@@H]3C(c4cc(OC)c(OC5OC(CO)C(O)C(O)C5O)c(OC)c4)OC[C@@H]23)cc(OC)c1O. The molecule has 226 valence electrons. The Morgan fingerprint density at radius 3 is 1.61 bits per heavy atom. The summed E-state index contributed by atoms with van der Waals surface area (Å²) in [5.41, 5.74) is 1.55. The quantitative estimate of drug-likeness (QED) is 0.280. The fourth-order valence-corrected chi connectivity index (χ4v) is 5.77. The molecule has 2 aromatic rings. The topological polar surface area (TPSA) is 175 Å². The Labute approximate surface area is 236 Å². The molecule has 7 unspecified atom stereocenters. The number of ether oxygens (including phenoxy) is 8. The zero-order chi connectivity index (χ0) is 29.4. The highest BCUT2D eigenvalue weighted by molar-refractivity contribution is 5.55. The van der Waals surface area contributed by atoms with E-state index in [1.165, 1.54) is 28.4 Å². The van der Waals surface area contributed by atoms with Crippen LogP contribution in [0.5, 0.6) is 34.5 Å². The predicted molar refractivity (Wildman–Crippen MR) is 140 cm³/mol. The highest BCUT2D eigenvalue weighted by Gasteiger charge is 2.49. The number of fused-ring (bicyclic) bond motifs is 1. The first-order chi connectivity index (χ1) is 19.8. The first-order valence-electron chi connectivity index (χ1n) is 13.2. The Bertz CT molecular complexity index is 1170. The summed E-state index contributed by atoms with van der Waals surface area (Å²) in [5, 5.41) is 50.5. The second-order valence-electron chi connectivity index (χ2n) is 10.2. The van der Waals surface area contributed by atoms with Crippen molar-refractivity contribution >= 4 is 0 Å². The number of hydrogen-bond acceptors (Lipinski definition) is 13. The van der Waals surface area contributed by atoms with Gasteiger partial charge in [-0.1, -0.05) is 0 Å². The molecule has 0 spiro atoms. The van der Waals surface area contributed by atoms with Gasteiger partial charge in [0, 0.05) is 11.8 Å². The summed E-state index contributed by atoms with van der Waals surface area (Å²) >= 11 is 0. The summed E-state index contributed by atoms with van der Waals surface area (Å²) in [7, 11) is 5.82. The second kappa shape index (κ2) is 12.1. The maximum atomic E-state index is 10.5. The van der Waals surface area contributed by atoms with Crippen molar-refractivity contribution in [2.45, 2.75) is 42.9 Å². The maximum absolute atomic E-state index is 10.5. The van der Waals surface area contributed by atoms with Crippen LogP contribution in [0.4, 0.5) is 0 Å². The van der Waals surface area contributed by atoms with Crippen molar-refractivity contribution < 1.29 is 63.4 Å². The number of rotatable bonds is 9. The minimum absolute atomic E-state index is 0.000914. The third kappa shape index (κ3) is 5.23. The van der Waals surface area contributed by atoms with Crippen LogP contribution in [0.3, 0.4) is 0 Å². The van der Waals surface area contributed by atoms with Crippen LogP contribution in [-0.4, -0.2) is 104 Å². The summed E-state index contributed by atoms with van der Waals surface area (Å²) in [6.45, 7) is 0.241. The molecule has 5 N–H and O–H groups in total. The van der Waals surface area contributed by atoms with Crippen LogP contribution in [0, 0.1) is 11.8 Å². The van der Waals surface area contributed by atoms with Crippen LogP contribution in [0.1, 0.15) is 23.3 Å². The van der Waals surface area contributed by atoms with Gasteiger partial charge in [-0.05, 0) is 35.4 Å². The molecule has 3 aliphatic heterocycles. The van der Waals surface area contributed by atoms with E-state index >= 15 is 0 Å². The normalized spacial score (nSPS) is 32.8. The molecule has 3 aliphatic rings. The van der Waals surface area contributed by atoms with E-state index in [2.05, 4.69) is 0 Å².